The van der Waals surface area contributed by atoms with Crippen molar-refractivity contribution in [3.05, 3.63) is 64.0 Å². The molecule has 172 valence electrons. The van der Waals surface area contributed by atoms with Gasteiger partial charge in [0.25, 0.3) is 0 Å². The fraction of sp³-hybridized carbons (Fsp3) is 0.273. The van der Waals surface area contributed by atoms with Crippen LogP contribution in [0.2, 0.25) is 0 Å². The monoisotopic (exact) mass is 478 g/mol. The van der Waals surface area contributed by atoms with Crippen LogP contribution in [0.3, 0.4) is 0 Å². The third-order valence-corrected chi connectivity index (χ3v) is 5.54. The SMILES string of the molecule is CCCc1sc(Nc2ccc(C(=O)OC)cc2)nc1-c1ccc(C)c(C)c1.O=S(=O)(O)O. The minimum Gasteiger partial charge on any atom is -0.465 e. The molecule has 0 aliphatic rings. The van der Waals surface area contributed by atoms with Crippen LogP contribution in [0, 0.1) is 13.8 Å². The van der Waals surface area contributed by atoms with Gasteiger partial charge in [0.15, 0.2) is 5.13 Å². The van der Waals surface area contributed by atoms with Crippen molar-refractivity contribution in [1.29, 1.82) is 0 Å². The molecule has 0 atom stereocenters. The number of esters is 1. The fourth-order valence-corrected chi connectivity index (χ4v) is 3.95. The number of ether oxygens (including phenoxy) is 1. The van der Waals surface area contributed by atoms with Gasteiger partial charge in [-0.15, -0.1) is 11.3 Å². The molecule has 10 heteroatoms. The summed E-state index contributed by atoms with van der Waals surface area (Å²) in [5.74, 6) is -0.335. The predicted octanol–water partition coefficient (Wildman–Crippen LogP) is 5.26. The molecule has 32 heavy (non-hydrogen) atoms. The topological polar surface area (TPSA) is 126 Å². The van der Waals surface area contributed by atoms with Gasteiger partial charge in [0.2, 0.25) is 0 Å². The number of nitrogens with zero attached hydrogens (tertiary/aromatic N) is 1. The van der Waals surface area contributed by atoms with E-state index in [4.69, 9.17) is 27.2 Å². The quantitative estimate of drug-likeness (QED) is 0.324. The number of methoxy groups -OCH3 is 1. The number of rotatable bonds is 6. The predicted molar refractivity (Wildman–Crippen MR) is 126 cm³/mol. The van der Waals surface area contributed by atoms with Gasteiger partial charge in [0.1, 0.15) is 0 Å². The summed E-state index contributed by atoms with van der Waals surface area (Å²) in [5, 5.41) is 4.22. The van der Waals surface area contributed by atoms with Crippen LogP contribution in [0.1, 0.15) is 39.7 Å². The van der Waals surface area contributed by atoms with Crippen LogP contribution >= 0.6 is 11.3 Å². The Hall–Kier alpha value is -2.79. The Bertz CT molecular complexity index is 1160. The first kappa shape index (κ1) is 25.5. The molecule has 0 amide bonds. The minimum absolute atomic E-state index is 0.335. The summed E-state index contributed by atoms with van der Waals surface area (Å²) in [4.78, 5) is 17.7. The Kier molecular flexibility index (Phi) is 8.90. The molecular formula is C22H26N2O6S2. The highest BCUT2D eigenvalue weighted by Gasteiger charge is 2.14. The Morgan fingerprint density at radius 1 is 1.09 bits per heavy atom. The van der Waals surface area contributed by atoms with E-state index in [0.717, 1.165) is 34.9 Å². The van der Waals surface area contributed by atoms with Crippen LogP contribution in [0.25, 0.3) is 11.3 Å². The first-order valence-electron chi connectivity index (χ1n) is 9.74. The van der Waals surface area contributed by atoms with Gasteiger partial charge in [-0.25, -0.2) is 9.78 Å². The number of aryl methyl sites for hydroxylation is 3. The van der Waals surface area contributed by atoms with Crippen molar-refractivity contribution in [3.63, 3.8) is 0 Å². The van der Waals surface area contributed by atoms with Gasteiger partial charge in [-0.2, -0.15) is 8.42 Å². The van der Waals surface area contributed by atoms with Crippen molar-refractivity contribution >= 4 is 38.5 Å². The van der Waals surface area contributed by atoms with Crippen LogP contribution in [-0.4, -0.2) is 35.6 Å². The second-order valence-electron chi connectivity index (χ2n) is 6.98. The first-order valence-corrected chi connectivity index (χ1v) is 12.0. The number of benzene rings is 2. The normalized spacial score (nSPS) is 10.8. The van der Waals surface area contributed by atoms with Gasteiger partial charge >= 0.3 is 16.4 Å². The Morgan fingerprint density at radius 3 is 2.25 bits per heavy atom. The molecule has 1 aromatic heterocycles. The average Bonchev–Trinajstić information content (AvgIpc) is 3.11. The number of aromatic nitrogens is 1. The lowest BCUT2D eigenvalue weighted by Crippen LogP contribution is -2.00. The van der Waals surface area contributed by atoms with Gasteiger partial charge in [-0.05, 0) is 61.7 Å². The third-order valence-electron chi connectivity index (χ3n) is 4.51. The smallest absolute Gasteiger partial charge is 0.394 e. The summed E-state index contributed by atoms with van der Waals surface area (Å²) in [6.07, 6.45) is 2.08. The van der Waals surface area contributed by atoms with Crippen molar-refractivity contribution in [2.75, 3.05) is 12.4 Å². The Labute approximate surface area is 191 Å². The molecule has 3 aromatic rings. The molecule has 3 N–H and O–H groups in total. The van der Waals surface area contributed by atoms with Crippen molar-refractivity contribution in [1.82, 2.24) is 4.98 Å². The number of thiazole rings is 1. The molecule has 3 rings (SSSR count). The highest BCUT2D eigenvalue weighted by atomic mass is 32.3. The second kappa shape index (κ2) is 11.2. The molecule has 8 nitrogen and oxygen atoms in total. The largest absolute Gasteiger partial charge is 0.465 e. The van der Waals surface area contributed by atoms with Crippen LogP contribution in [0.5, 0.6) is 0 Å². The number of anilines is 2. The van der Waals surface area contributed by atoms with Crippen LogP contribution in [0.15, 0.2) is 42.5 Å². The Morgan fingerprint density at radius 2 is 1.72 bits per heavy atom. The summed E-state index contributed by atoms with van der Waals surface area (Å²) < 4.78 is 36.3. The van der Waals surface area contributed by atoms with E-state index >= 15 is 0 Å². The van der Waals surface area contributed by atoms with Gasteiger partial charge in [-0.1, -0.05) is 25.5 Å². The number of carbonyl (C=O) groups is 1. The molecule has 0 aliphatic heterocycles. The molecule has 0 radical (unpaired) electrons. The van der Waals surface area contributed by atoms with E-state index in [0.29, 0.717) is 5.56 Å². The summed E-state index contributed by atoms with van der Waals surface area (Å²) in [7, 11) is -3.28. The zero-order valence-corrected chi connectivity index (χ0v) is 19.9. The van der Waals surface area contributed by atoms with Crippen molar-refractivity contribution in [2.24, 2.45) is 0 Å². The summed E-state index contributed by atoms with van der Waals surface area (Å²) in [6.45, 7) is 6.44. The molecule has 0 saturated heterocycles. The average molecular weight is 479 g/mol. The molecule has 1 heterocycles. The number of carbonyl (C=O) groups excluding carboxylic acids is 1. The van der Waals surface area contributed by atoms with E-state index in [1.54, 1.807) is 23.5 Å². The van der Waals surface area contributed by atoms with Gasteiger partial charge in [-0.3, -0.25) is 9.11 Å². The molecule has 0 aliphatic carbocycles. The maximum Gasteiger partial charge on any atom is 0.394 e. The van der Waals surface area contributed by atoms with Gasteiger partial charge in [0.05, 0.1) is 18.4 Å². The molecule has 0 fully saturated rings. The van der Waals surface area contributed by atoms with E-state index < -0.39 is 10.4 Å². The molecule has 0 unspecified atom stereocenters. The van der Waals surface area contributed by atoms with Crippen LogP contribution in [-0.2, 0) is 21.6 Å². The van der Waals surface area contributed by atoms with Crippen LogP contribution in [0.4, 0.5) is 10.8 Å². The van der Waals surface area contributed by atoms with E-state index in [1.807, 2.05) is 12.1 Å². The fourth-order valence-electron chi connectivity index (χ4n) is 2.85. The molecular weight excluding hydrogens is 452 g/mol. The lowest BCUT2D eigenvalue weighted by Gasteiger charge is -2.05. The minimum atomic E-state index is -4.67. The molecule has 0 spiro atoms. The molecule has 0 bridgehead atoms. The van der Waals surface area contributed by atoms with Crippen molar-refractivity contribution in [2.45, 2.75) is 33.6 Å². The van der Waals surface area contributed by atoms with Crippen LogP contribution < -0.4 is 5.32 Å². The van der Waals surface area contributed by atoms with E-state index in [1.165, 1.54) is 23.1 Å². The van der Waals surface area contributed by atoms with E-state index in [9.17, 15) is 4.79 Å². The zero-order chi connectivity index (χ0) is 23.9. The maximum atomic E-state index is 11.6. The molecule has 2 aromatic carbocycles. The summed E-state index contributed by atoms with van der Waals surface area (Å²) in [5.41, 5.74) is 6.20. The lowest BCUT2D eigenvalue weighted by molar-refractivity contribution is 0.0600. The second-order valence-corrected chi connectivity index (χ2v) is 8.96. The van der Waals surface area contributed by atoms with Crippen molar-refractivity contribution < 1.29 is 27.1 Å². The maximum absolute atomic E-state index is 11.6. The van der Waals surface area contributed by atoms with E-state index in [-0.39, 0.29) is 5.97 Å². The number of hydrogen-bond acceptors (Lipinski definition) is 7. The first-order chi connectivity index (χ1) is 15.0. The highest BCUT2D eigenvalue weighted by Crippen LogP contribution is 2.34. The number of hydrogen-bond donors (Lipinski definition) is 3. The standard InChI is InChI=1S/C22H24N2O2S.H2O4S/c1-5-6-19-20(17-8-7-14(2)15(3)13-17)24-22(27-19)23-18-11-9-16(10-12-18)21(25)26-4;1-5(2,3)4/h7-13H,5-6H2,1-4H3,(H,23,24);(H2,1,2,3,4). The summed E-state index contributed by atoms with van der Waals surface area (Å²) >= 11 is 1.68. The van der Waals surface area contributed by atoms with Gasteiger partial charge < -0.3 is 10.1 Å². The Balaban J connectivity index is 0.000000654. The molecule has 0 saturated carbocycles. The van der Waals surface area contributed by atoms with Crippen molar-refractivity contribution in [3.8, 4) is 11.3 Å². The van der Waals surface area contributed by atoms with Gasteiger partial charge in [0, 0.05) is 16.1 Å². The highest BCUT2D eigenvalue weighted by molar-refractivity contribution is 7.79. The number of nitrogens with one attached hydrogen (secondary N) is 1. The lowest BCUT2D eigenvalue weighted by atomic mass is 10.0. The third kappa shape index (κ3) is 7.72. The zero-order valence-electron chi connectivity index (χ0n) is 18.2. The summed E-state index contributed by atoms with van der Waals surface area (Å²) in [6, 6.07) is 13.7. The van der Waals surface area contributed by atoms with E-state index in [2.05, 4.69) is 44.3 Å².